The minimum Gasteiger partial charge on any atom is -0.484 e. The maximum absolute atomic E-state index is 11.8. The van der Waals surface area contributed by atoms with Gasteiger partial charge in [-0.2, -0.15) is 0 Å². The van der Waals surface area contributed by atoms with E-state index in [-0.39, 0.29) is 12.5 Å². The Balaban J connectivity index is 1.85. The zero-order chi connectivity index (χ0) is 15.2. The van der Waals surface area contributed by atoms with Crippen molar-refractivity contribution in [2.45, 2.75) is 18.2 Å². The molecule has 5 nitrogen and oxygen atoms in total. The first-order chi connectivity index (χ1) is 10.1. The van der Waals surface area contributed by atoms with E-state index in [1.54, 1.807) is 11.8 Å². The van der Waals surface area contributed by atoms with Gasteiger partial charge in [0.05, 0.1) is 0 Å². The third-order valence-electron chi connectivity index (χ3n) is 2.42. The Morgan fingerprint density at radius 3 is 3.00 bits per heavy atom. The van der Waals surface area contributed by atoms with E-state index < -0.39 is 0 Å². The standard InChI is InChI=1S/C13H14BrN3O2S2/c1-3-20-13-17-16-12(21-13)15-11(18)7-19-9-4-5-10(14)8(2)6-9/h4-6H,3,7H2,1-2H3,(H,15,16,18). The number of carbonyl (C=O) groups is 1. The van der Waals surface area contributed by atoms with E-state index in [1.807, 2.05) is 32.0 Å². The lowest BCUT2D eigenvalue weighted by molar-refractivity contribution is -0.118. The molecule has 0 aliphatic heterocycles. The molecule has 1 aromatic carbocycles. The van der Waals surface area contributed by atoms with Gasteiger partial charge in [0.25, 0.3) is 5.91 Å². The predicted octanol–water partition coefficient (Wildman–Crippen LogP) is 3.74. The van der Waals surface area contributed by atoms with E-state index in [9.17, 15) is 4.79 Å². The molecule has 112 valence electrons. The molecule has 0 spiro atoms. The summed E-state index contributed by atoms with van der Waals surface area (Å²) in [6.45, 7) is 3.94. The van der Waals surface area contributed by atoms with Crippen molar-refractivity contribution in [3.05, 3.63) is 28.2 Å². The summed E-state index contributed by atoms with van der Waals surface area (Å²) in [4.78, 5) is 11.8. The summed E-state index contributed by atoms with van der Waals surface area (Å²) in [6.07, 6.45) is 0. The highest BCUT2D eigenvalue weighted by atomic mass is 79.9. The van der Waals surface area contributed by atoms with Crippen molar-refractivity contribution < 1.29 is 9.53 Å². The molecule has 2 aromatic rings. The smallest absolute Gasteiger partial charge is 0.264 e. The predicted molar refractivity (Wildman–Crippen MR) is 89.3 cm³/mol. The van der Waals surface area contributed by atoms with Crippen molar-refractivity contribution in [2.75, 3.05) is 17.7 Å². The summed E-state index contributed by atoms with van der Waals surface area (Å²) in [6, 6.07) is 5.57. The molecule has 0 saturated heterocycles. The Morgan fingerprint density at radius 1 is 1.48 bits per heavy atom. The van der Waals surface area contributed by atoms with Gasteiger partial charge in [0.15, 0.2) is 10.9 Å². The van der Waals surface area contributed by atoms with Crippen LogP contribution in [0.5, 0.6) is 5.75 Å². The number of aryl methyl sites for hydroxylation is 1. The molecule has 0 saturated carbocycles. The first-order valence-electron chi connectivity index (χ1n) is 6.23. The highest BCUT2D eigenvalue weighted by Crippen LogP contribution is 2.25. The van der Waals surface area contributed by atoms with Crippen LogP contribution in [0.2, 0.25) is 0 Å². The van der Waals surface area contributed by atoms with Crippen LogP contribution in [0.3, 0.4) is 0 Å². The van der Waals surface area contributed by atoms with Gasteiger partial charge < -0.3 is 4.74 Å². The summed E-state index contributed by atoms with van der Waals surface area (Å²) >= 11 is 6.37. The molecule has 0 aliphatic rings. The number of halogens is 1. The monoisotopic (exact) mass is 387 g/mol. The summed E-state index contributed by atoms with van der Waals surface area (Å²) in [5.74, 6) is 1.33. The van der Waals surface area contributed by atoms with Crippen LogP contribution in [-0.2, 0) is 4.79 Å². The van der Waals surface area contributed by atoms with Crippen LogP contribution in [0, 0.1) is 6.92 Å². The molecule has 0 radical (unpaired) electrons. The Hall–Kier alpha value is -1.12. The molecular weight excluding hydrogens is 374 g/mol. The van der Waals surface area contributed by atoms with Crippen molar-refractivity contribution in [3.63, 3.8) is 0 Å². The highest BCUT2D eigenvalue weighted by molar-refractivity contribution is 9.10. The van der Waals surface area contributed by atoms with Crippen molar-refractivity contribution in [2.24, 2.45) is 0 Å². The minimum absolute atomic E-state index is 0.0586. The summed E-state index contributed by atoms with van der Waals surface area (Å²) < 4.78 is 7.30. The van der Waals surface area contributed by atoms with Gasteiger partial charge in [0, 0.05) is 4.47 Å². The molecule has 8 heteroatoms. The number of amides is 1. The molecule has 1 amide bonds. The van der Waals surface area contributed by atoms with E-state index in [0.29, 0.717) is 10.9 Å². The molecule has 0 bridgehead atoms. The molecule has 2 rings (SSSR count). The third-order valence-corrected chi connectivity index (χ3v) is 5.16. The fraction of sp³-hybridized carbons (Fsp3) is 0.308. The lowest BCUT2D eigenvalue weighted by Gasteiger charge is -2.07. The zero-order valence-electron chi connectivity index (χ0n) is 11.6. The molecule has 1 heterocycles. The second kappa shape index (κ2) is 7.77. The molecule has 21 heavy (non-hydrogen) atoms. The highest BCUT2D eigenvalue weighted by Gasteiger charge is 2.09. The molecular formula is C13H14BrN3O2S2. The Morgan fingerprint density at radius 2 is 2.29 bits per heavy atom. The van der Waals surface area contributed by atoms with Crippen LogP contribution in [-0.4, -0.2) is 28.5 Å². The molecule has 0 atom stereocenters. The number of anilines is 1. The van der Waals surface area contributed by atoms with E-state index in [4.69, 9.17) is 4.74 Å². The maximum Gasteiger partial charge on any atom is 0.264 e. The van der Waals surface area contributed by atoms with Crippen molar-refractivity contribution in [3.8, 4) is 5.75 Å². The lowest BCUT2D eigenvalue weighted by atomic mass is 10.2. The second-order valence-electron chi connectivity index (χ2n) is 4.05. The zero-order valence-corrected chi connectivity index (χ0v) is 14.8. The molecule has 0 unspecified atom stereocenters. The topological polar surface area (TPSA) is 64.1 Å². The number of hydrogen-bond acceptors (Lipinski definition) is 6. The summed E-state index contributed by atoms with van der Waals surface area (Å²) in [7, 11) is 0. The first kappa shape index (κ1) is 16.3. The van der Waals surface area contributed by atoms with Crippen LogP contribution in [0.25, 0.3) is 0 Å². The van der Waals surface area contributed by atoms with Gasteiger partial charge in [0.1, 0.15) is 5.75 Å². The Kier molecular flexibility index (Phi) is 6.01. The van der Waals surface area contributed by atoms with E-state index in [2.05, 4.69) is 31.4 Å². The first-order valence-corrected chi connectivity index (χ1v) is 8.83. The van der Waals surface area contributed by atoms with Gasteiger partial charge in [-0.05, 0) is 36.4 Å². The fourth-order valence-corrected chi connectivity index (χ4v) is 3.37. The number of hydrogen-bond donors (Lipinski definition) is 1. The average molecular weight is 388 g/mol. The molecule has 0 aliphatic carbocycles. The van der Waals surface area contributed by atoms with E-state index >= 15 is 0 Å². The molecule has 0 fully saturated rings. The third kappa shape index (κ3) is 4.98. The van der Waals surface area contributed by atoms with Crippen LogP contribution >= 0.6 is 39.0 Å². The number of ether oxygens (including phenoxy) is 1. The van der Waals surface area contributed by atoms with E-state index in [0.717, 1.165) is 20.1 Å². The second-order valence-corrected chi connectivity index (χ2v) is 7.40. The quantitative estimate of drug-likeness (QED) is 0.603. The maximum atomic E-state index is 11.8. The number of thioether (sulfide) groups is 1. The number of rotatable bonds is 6. The molecule has 1 aromatic heterocycles. The number of nitrogens with zero attached hydrogens (tertiary/aromatic N) is 2. The van der Waals surface area contributed by atoms with E-state index in [1.165, 1.54) is 11.3 Å². The van der Waals surface area contributed by atoms with Gasteiger partial charge >= 0.3 is 0 Å². The number of carbonyl (C=O) groups excluding carboxylic acids is 1. The summed E-state index contributed by atoms with van der Waals surface area (Å²) in [5.41, 5.74) is 1.05. The largest absolute Gasteiger partial charge is 0.484 e. The van der Waals surface area contributed by atoms with Crippen LogP contribution in [0.1, 0.15) is 12.5 Å². The van der Waals surface area contributed by atoms with Crippen LogP contribution in [0.4, 0.5) is 5.13 Å². The van der Waals surface area contributed by atoms with Gasteiger partial charge in [-0.3, -0.25) is 10.1 Å². The van der Waals surface area contributed by atoms with Gasteiger partial charge in [-0.15, -0.1) is 10.2 Å². The summed E-state index contributed by atoms with van der Waals surface area (Å²) in [5, 5.41) is 11.0. The normalized spacial score (nSPS) is 10.4. The van der Waals surface area contributed by atoms with Gasteiger partial charge in [-0.25, -0.2) is 0 Å². The average Bonchev–Trinajstić information content (AvgIpc) is 2.88. The van der Waals surface area contributed by atoms with Gasteiger partial charge in [-0.1, -0.05) is 46.0 Å². The Labute approximate surface area is 139 Å². The number of nitrogens with one attached hydrogen (secondary N) is 1. The van der Waals surface area contributed by atoms with Crippen LogP contribution < -0.4 is 10.1 Å². The van der Waals surface area contributed by atoms with Gasteiger partial charge in [0.2, 0.25) is 5.13 Å². The van der Waals surface area contributed by atoms with Crippen LogP contribution in [0.15, 0.2) is 27.0 Å². The minimum atomic E-state index is -0.250. The number of aromatic nitrogens is 2. The van der Waals surface area contributed by atoms with Crippen molar-refractivity contribution >= 4 is 50.1 Å². The Bertz CT molecular complexity index is 634. The SMILES string of the molecule is CCSc1nnc(NC(=O)COc2ccc(Br)c(C)c2)s1. The fourth-order valence-electron chi connectivity index (χ4n) is 1.45. The van der Waals surface area contributed by atoms with Crippen molar-refractivity contribution in [1.29, 1.82) is 0 Å². The lowest BCUT2D eigenvalue weighted by Crippen LogP contribution is -2.20. The number of benzene rings is 1. The van der Waals surface area contributed by atoms with Crippen molar-refractivity contribution in [1.82, 2.24) is 10.2 Å². The molecule has 1 N–H and O–H groups in total.